The second kappa shape index (κ2) is 5.81. The standard InChI is InChI=1S/C15H20N2O3/c1-19-13-7-3-2-6-12(13)15-16-9-14(18)17(15)10-11-5-4-8-20-11/h2-3,6-7,11,15-16H,4-5,8-10H2,1H3. The number of hydrogen-bond donors (Lipinski definition) is 1. The largest absolute Gasteiger partial charge is 0.496 e. The second-order valence-electron chi connectivity index (χ2n) is 5.21. The number of carbonyl (C=O) groups is 1. The average Bonchev–Trinajstić information content (AvgIpc) is 3.11. The van der Waals surface area contributed by atoms with Gasteiger partial charge < -0.3 is 14.4 Å². The molecule has 2 atom stereocenters. The van der Waals surface area contributed by atoms with Crippen molar-refractivity contribution < 1.29 is 14.3 Å². The molecule has 1 amide bonds. The highest BCUT2D eigenvalue weighted by Crippen LogP contribution is 2.31. The molecule has 2 heterocycles. The molecule has 2 unspecified atom stereocenters. The highest BCUT2D eigenvalue weighted by Gasteiger charge is 2.35. The van der Waals surface area contributed by atoms with E-state index in [0.717, 1.165) is 30.8 Å². The molecule has 5 nitrogen and oxygen atoms in total. The normalized spacial score (nSPS) is 26.2. The zero-order valence-electron chi connectivity index (χ0n) is 11.7. The van der Waals surface area contributed by atoms with E-state index in [4.69, 9.17) is 9.47 Å². The van der Waals surface area contributed by atoms with Crippen LogP contribution in [0.5, 0.6) is 5.75 Å². The third-order valence-corrected chi connectivity index (χ3v) is 3.94. The molecule has 0 radical (unpaired) electrons. The Hall–Kier alpha value is -1.59. The zero-order chi connectivity index (χ0) is 13.9. The molecule has 2 fully saturated rings. The molecular formula is C15H20N2O3. The molecule has 0 spiro atoms. The van der Waals surface area contributed by atoms with Gasteiger partial charge in [-0.2, -0.15) is 0 Å². The van der Waals surface area contributed by atoms with Crippen LogP contribution in [0.4, 0.5) is 0 Å². The smallest absolute Gasteiger partial charge is 0.238 e. The summed E-state index contributed by atoms with van der Waals surface area (Å²) in [5.41, 5.74) is 0.999. The van der Waals surface area contributed by atoms with Crippen LogP contribution in [0, 0.1) is 0 Å². The van der Waals surface area contributed by atoms with E-state index in [1.807, 2.05) is 29.2 Å². The molecule has 1 aromatic rings. The molecule has 2 aliphatic rings. The number of nitrogens with one attached hydrogen (secondary N) is 1. The van der Waals surface area contributed by atoms with Crippen molar-refractivity contribution in [1.29, 1.82) is 0 Å². The van der Waals surface area contributed by atoms with E-state index in [1.165, 1.54) is 0 Å². The van der Waals surface area contributed by atoms with Crippen molar-refractivity contribution in [1.82, 2.24) is 10.2 Å². The third kappa shape index (κ3) is 2.51. The Morgan fingerprint density at radius 2 is 2.30 bits per heavy atom. The number of amides is 1. The summed E-state index contributed by atoms with van der Waals surface area (Å²) in [6, 6.07) is 7.82. The van der Waals surface area contributed by atoms with Gasteiger partial charge in [-0.15, -0.1) is 0 Å². The van der Waals surface area contributed by atoms with Crippen LogP contribution in [0.15, 0.2) is 24.3 Å². The fourth-order valence-electron chi connectivity index (χ4n) is 2.92. The van der Waals surface area contributed by atoms with Crippen LogP contribution < -0.4 is 10.1 Å². The molecular weight excluding hydrogens is 256 g/mol. The first-order chi connectivity index (χ1) is 9.79. The molecule has 1 N–H and O–H groups in total. The number of benzene rings is 1. The van der Waals surface area contributed by atoms with Crippen LogP contribution in [0.1, 0.15) is 24.6 Å². The SMILES string of the molecule is COc1ccccc1C1NCC(=O)N1CC1CCCO1. The Balaban J connectivity index is 1.81. The molecule has 3 rings (SSSR count). The minimum atomic E-state index is -0.122. The Labute approximate surface area is 118 Å². The second-order valence-corrected chi connectivity index (χ2v) is 5.21. The summed E-state index contributed by atoms with van der Waals surface area (Å²) < 4.78 is 11.1. The number of rotatable bonds is 4. The number of carbonyl (C=O) groups excluding carboxylic acids is 1. The minimum absolute atomic E-state index is 0.122. The van der Waals surface area contributed by atoms with E-state index in [1.54, 1.807) is 7.11 Å². The van der Waals surface area contributed by atoms with Gasteiger partial charge in [0.1, 0.15) is 11.9 Å². The van der Waals surface area contributed by atoms with E-state index in [0.29, 0.717) is 13.1 Å². The summed E-state index contributed by atoms with van der Waals surface area (Å²) in [5, 5.41) is 3.26. The van der Waals surface area contributed by atoms with Crippen LogP contribution >= 0.6 is 0 Å². The van der Waals surface area contributed by atoms with Gasteiger partial charge in [0.15, 0.2) is 0 Å². The van der Waals surface area contributed by atoms with Crippen LogP contribution in [0.3, 0.4) is 0 Å². The predicted octanol–water partition coefficient (Wildman–Crippen LogP) is 1.30. The lowest BCUT2D eigenvalue weighted by atomic mass is 10.1. The van der Waals surface area contributed by atoms with Gasteiger partial charge in [-0.3, -0.25) is 10.1 Å². The summed E-state index contributed by atoms with van der Waals surface area (Å²) in [6.07, 6.45) is 2.15. The Bertz CT molecular complexity index is 486. The van der Waals surface area contributed by atoms with E-state index < -0.39 is 0 Å². The summed E-state index contributed by atoms with van der Waals surface area (Å²) in [4.78, 5) is 14.0. The van der Waals surface area contributed by atoms with Crippen molar-refractivity contribution >= 4 is 5.91 Å². The first-order valence-electron chi connectivity index (χ1n) is 7.07. The fourth-order valence-corrected chi connectivity index (χ4v) is 2.92. The number of methoxy groups -OCH3 is 1. The number of ether oxygens (including phenoxy) is 2. The van der Waals surface area contributed by atoms with Gasteiger partial charge in [0.05, 0.1) is 19.8 Å². The minimum Gasteiger partial charge on any atom is -0.496 e. The molecule has 2 saturated heterocycles. The molecule has 0 aliphatic carbocycles. The van der Waals surface area contributed by atoms with E-state index in [9.17, 15) is 4.79 Å². The summed E-state index contributed by atoms with van der Waals surface area (Å²) in [5.74, 6) is 0.924. The molecule has 0 bridgehead atoms. The van der Waals surface area contributed by atoms with Crippen molar-refractivity contribution in [3.8, 4) is 5.75 Å². The first kappa shape index (κ1) is 13.4. The maximum atomic E-state index is 12.1. The summed E-state index contributed by atoms with van der Waals surface area (Å²) in [6.45, 7) is 1.82. The average molecular weight is 276 g/mol. The van der Waals surface area contributed by atoms with E-state index in [2.05, 4.69) is 5.32 Å². The Morgan fingerprint density at radius 3 is 3.05 bits per heavy atom. The monoisotopic (exact) mass is 276 g/mol. The van der Waals surface area contributed by atoms with Gasteiger partial charge in [-0.25, -0.2) is 0 Å². The maximum Gasteiger partial charge on any atom is 0.238 e. The molecule has 0 saturated carbocycles. The van der Waals surface area contributed by atoms with Crippen molar-refractivity contribution in [3.05, 3.63) is 29.8 Å². The van der Waals surface area contributed by atoms with Crippen molar-refractivity contribution in [2.24, 2.45) is 0 Å². The number of hydrogen-bond acceptors (Lipinski definition) is 4. The van der Waals surface area contributed by atoms with Gasteiger partial charge in [-0.1, -0.05) is 18.2 Å². The molecule has 2 aliphatic heterocycles. The van der Waals surface area contributed by atoms with Crippen LogP contribution in [0.25, 0.3) is 0 Å². The van der Waals surface area contributed by atoms with E-state index in [-0.39, 0.29) is 18.2 Å². The predicted molar refractivity (Wildman–Crippen MR) is 74.4 cm³/mol. The molecule has 20 heavy (non-hydrogen) atoms. The maximum absolute atomic E-state index is 12.1. The van der Waals surface area contributed by atoms with Crippen molar-refractivity contribution in [2.75, 3.05) is 26.8 Å². The quantitative estimate of drug-likeness (QED) is 0.900. The third-order valence-electron chi connectivity index (χ3n) is 3.94. The van der Waals surface area contributed by atoms with Gasteiger partial charge in [-0.05, 0) is 18.9 Å². The fraction of sp³-hybridized carbons (Fsp3) is 0.533. The van der Waals surface area contributed by atoms with Crippen LogP contribution in [-0.4, -0.2) is 43.7 Å². The highest BCUT2D eigenvalue weighted by molar-refractivity contribution is 5.81. The number of para-hydroxylation sites is 1. The van der Waals surface area contributed by atoms with Crippen LogP contribution in [0.2, 0.25) is 0 Å². The number of nitrogens with zero attached hydrogens (tertiary/aromatic N) is 1. The van der Waals surface area contributed by atoms with Crippen molar-refractivity contribution in [3.63, 3.8) is 0 Å². The Morgan fingerprint density at radius 1 is 1.45 bits per heavy atom. The summed E-state index contributed by atoms with van der Waals surface area (Å²) >= 11 is 0. The lowest BCUT2D eigenvalue weighted by Gasteiger charge is -2.28. The van der Waals surface area contributed by atoms with Gasteiger partial charge in [0.25, 0.3) is 0 Å². The molecule has 108 valence electrons. The van der Waals surface area contributed by atoms with Crippen molar-refractivity contribution in [2.45, 2.75) is 25.1 Å². The Kier molecular flexibility index (Phi) is 3.89. The van der Waals surface area contributed by atoms with E-state index >= 15 is 0 Å². The van der Waals surface area contributed by atoms with Gasteiger partial charge in [0.2, 0.25) is 5.91 Å². The van der Waals surface area contributed by atoms with Crippen LogP contribution in [-0.2, 0) is 9.53 Å². The summed E-state index contributed by atoms with van der Waals surface area (Å²) in [7, 11) is 1.65. The molecule has 0 aromatic heterocycles. The topological polar surface area (TPSA) is 50.8 Å². The van der Waals surface area contributed by atoms with Gasteiger partial charge >= 0.3 is 0 Å². The lowest BCUT2D eigenvalue weighted by Crippen LogP contribution is -2.36. The lowest BCUT2D eigenvalue weighted by molar-refractivity contribution is -0.129. The molecule has 1 aromatic carbocycles. The first-order valence-corrected chi connectivity index (χ1v) is 7.07. The van der Waals surface area contributed by atoms with Gasteiger partial charge in [0, 0.05) is 18.7 Å². The zero-order valence-corrected chi connectivity index (χ0v) is 11.7. The highest BCUT2D eigenvalue weighted by atomic mass is 16.5. The molecule has 5 heteroatoms.